The highest BCUT2D eigenvalue weighted by Gasteiger charge is 2.12. The minimum atomic E-state index is -0.141. The molecule has 158 valence electrons. The van der Waals surface area contributed by atoms with Crippen molar-refractivity contribution < 1.29 is 9.53 Å². The van der Waals surface area contributed by atoms with Crippen molar-refractivity contribution in [2.45, 2.75) is 33.9 Å². The minimum Gasteiger partial charge on any atom is -0.489 e. The van der Waals surface area contributed by atoms with Gasteiger partial charge in [0.25, 0.3) is 5.91 Å². The van der Waals surface area contributed by atoms with E-state index in [0.717, 1.165) is 11.3 Å². The van der Waals surface area contributed by atoms with Crippen molar-refractivity contribution in [3.8, 4) is 5.75 Å². The summed E-state index contributed by atoms with van der Waals surface area (Å²) in [5.74, 6) is 0.694. The van der Waals surface area contributed by atoms with Gasteiger partial charge in [-0.1, -0.05) is 30.3 Å². The third-order valence-electron chi connectivity index (χ3n) is 5.25. The molecular formula is C25H25N3O2S. The average molecular weight is 432 g/mol. The second-order valence-electron chi connectivity index (χ2n) is 7.66. The number of nitrogens with zero attached hydrogens (tertiary/aromatic N) is 2. The number of hydrogen-bond acceptors (Lipinski definition) is 4. The fourth-order valence-electron chi connectivity index (χ4n) is 3.21. The molecule has 4 rings (SSSR count). The maximum absolute atomic E-state index is 12.6. The number of carbonyl (C=O) groups is 1. The first-order chi connectivity index (χ1) is 15.0. The van der Waals surface area contributed by atoms with E-state index in [1.807, 2.05) is 46.6 Å². The smallest absolute Gasteiger partial charge is 0.265 e. The van der Waals surface area contributed by atoms with Gasteiger partial charge >= 0.3 is 0 Å². The number of ether oxygens (including phenoxy) is 1. The van der Waals surface area contributed by atoms with Crippen LogP contribution in [0.1, 0.15) is 37.5 Å². The first kappa shape index (κ1) is 20.9. The highest BCUT2D eigenvalue weighted by molar-refractivity contribution is 7.12. The third kappa shape index (κ3) is 5.22. The standard InChI is InChI=1S/C25H25N3O2S/c1-17-8-9-23(10-19(17)3)30-15-20-11-24(31-16-20)25(29)27-22-12-26-28(14-22)13-21-7-5-4-6-18(21)2/h4-12,14,16H,13,15H2,1-3H3,(H,27,29). The van der Waals surface area contributed by atoms with E-state index in [1.165, 1.54) is 33.6 Å². The van der Waals surface area contributed by atoms with E-state index >= 15 is 0 Å². The molecule has 0 unspecified atom stereocenters. The molecule has 0 bridgehead atoms. The van der Waals surface area contributed by atoms with Crippen LogP contribution in [-0.2, 0) is 13.2 Å². The van der Waals surface area contributed by atoms with Crippen molar-refractivity contribution in [3.05, 3.63) is 99.0 Å². The summed E-state index contributed by atoms with van der Waals surface area (Å²) in [6.07, 6.45) is 3.52. The maximum Gasteiger partial charge on any atom is 0.265 e. The zero-order chi connectivity index (χ0) is 21.8. The molecular weight excluding hydrogens is 406 g/mol. The predicted molar refractivity (Wildman–Crippen MR) is 125 cm³/mol. The van der Waals surface area contributed by atoms with E-state index in [1.54, 1.807) is 6.20 Å². The van der Waals surface area contributed by atoms with Gasteiger partial charge in [-0.3, -0.25) is 9.48 Å². The summed E-state index contributed by atoms with van der Waals surface area (Å²) < 4.78 is 7.70. The van der Waals surface area contributed by atoms with Crippen LogP contribution in [0.15, 0.2) is 66.3 Å². The summed E-state index contributed by atoms with van der Waals surface area (Å²) in [4.78, 5) is 13.3. The molecule has 2 aromatic heterocycles. The van der Waals surface area contributed by atoms with Crippen molar-refractivity contribution >= 4 is 22.9 Å². The molecule has 4 aromatic rings. The summed E-state index contributed by atoms with van der Waals surface area (Å²) in [7, 11) is 0. The highest BCUT2D eigenvalue weighted by Crippen LogP contribution is 2.21. The topological polar surface area (TPSA) is 56.1 Å². The second-order valence-corrected chi connectivity index (χ2v) is 8.57. The molecule has 0 fully saturated rings. The molecule has 2 heterocycles. The fourth-order valence-corrected chi connectivity index (χ4v) is 4.00. The Morgan fingerprint density at radius 2 is 1.90 bits per heavy atom. The summed E-state index contributed by atoms with van der Waals surface area (Å²) in [6.45, 7) is 7.33. The Labute approximate surface area is 186 Å². The number of amides is 1. The van der Waals surface area contributed by atoms with Crippen LogP contribution >= 0.6 is 11.3 Å². The molecule has 0 aliphatic heterocycles. The summed E-state index contributed by atoms with van der Waals surface area (Å²) in [5.41, 5.74) is 6.52. The van der Waals surface area contributed by atoms with Crippen LogP contribution in [-0.4, -0.2) is 15.7 Å². The van der Waals surface area contributed by atoms with Gasteiger partial charge in [0, 0.05) is 11.8 Å². The van der Waals surface area contributed by atoms with Gasteiger partial charge in [-0.05, 0) is 66.6 Å². The number of hydrogen-bond donors (Lipinski definition) is 1. The van der Waals surface area contributed by atoms with E-state index in [0.29, 0.717) is 23.7 Å². The number of carbonyl (C=O) groups excluding carboxylic acids is 1. The molecule has 0 saturated heterocycles. The Morgan fingerprint density at radius 3 is 2.71 bits per heavy atom. The van der Waals surface area contributed by atoms with E-state index < -0.39 is 0 Å². The molecule has 1 amide bonds. The molecule has 31 heavy (non-hydrogen) atoms. The third-order valence-corrected chi connectivity index (χ3v) is 6.22. The highest BCUT2D eigenvalue weighted by atomic mass is 32.1. The normalized spacial score (nSPS) is 10.8. The van der Waals surface area contributed by atoms with Crippen molar-refractivity contribution in [1.82, 2.24) is 9.78 Å². The van der Waals surface area contributed by atoms with Gasteiger partial charge < -0.3 is 10.1 Å². The zero-order valence-electron chi connectivity index (χ0n) is 17.9. The fraction of sp³-hybridized carbons (Fsp3) is 0.200. The van der Waals surface area contributed by atoms with E-state index in [9.17, 15) is 4.79 Å². The molecule has 0 spiro atoms. The van der Waals surface area contributed by atoms with Crippen molar-refractivity contribution in [2.75, 3.05) is 5.32 Å². The van der Waals surface area contributed by atoms with Crippen LogP contribution in [0.2, 0.25) is 0 Å². The number of rotatable bonds is 7. The van der Waals surface area contributed by atoms with Crippen molar-refractivity contribution in [2.24, 2.45) is 0 Å². The van der Waals surface area contributed by atoms with Gasteiger partial charge in [0.05, 0.1) is 23.3 Å². The molecule has 0 atom stereocenters. The van der Waals surface area contributed by atoms with Gasteiger partial charge in [0.2, 0.25) is 0 Å². The van der Waals surface area contributed by atoms with Gasteiger partial charge in [-0.25, -0.2) is 0 Å². The first-order valence-electron chi connectivity index (χ1n) is 10.1. The quantitative estimate of drug-likeness (QED) is 0.405. The number of nitrogens with one attached hydrogen (secondary N) is 1. The lowest BCUT2D eigenvalue weighted by atomic mass is 10.1. The van der Waals surface area contributed by atoms with Gasteiger partial charge in [-0.15, -0.1) is 11.3 Å². The molecule has 6 heteroatoms. The van der Waals surface area contributed by atoms with Crippen LogP contribution in [0.25, 0.3) is 0 Å². The molecule has 2 aromatic carbocycles. The predicted octanol–water partition coefficient (Wildman–Crippen LogP) is 5.75. The van der Waals surface area contributed by atoms with Gasteiger partial charge in [0.15, 0.2) is 0 Å². The van der Waals surface area contributed by atoms with Crippen LogP contribution < -0.4 is 10.1 Å². The Balaban J connectivity index is 1.34. The van der Waals surface area contributed by atoms with E-state index in [4.69, 9.17) is 4.74 Å². The molecule has 0 aliphatic carbocycles. The number of aromatic nitrogens is 2. The lowest BCUT2D eigenvalue weighted by molar-refractivity contribution is 0.103. The molecule has 5 nitrogen and oxygen atoms in total. The van der Waals surface area contributed by atoms with Crippen LogP contribution in [0, 0.1) is 20.8 Å². The molecule has 0 radical (unpaired) electrons. The second kappa shape index (κ2) is 9.18. The van der Waals surface area contributed by atoms with Gasteiger partial charge in [-0.2, -0.15) is 5.10 Å². The lowest BCUT2D eigenvalue weighted by Crippen LogP contribution is -2.09. The summed E-state index contributed by atoms with van der Waals surface area (Å²) in [6, 6.07) is 16.1. The summed E-state index contributed by atoms with van der Waals surface area (Å²) in [5, 5.41) is 9.25. The lowest BCUT2D eigenvalue weighted by Gasteiger charge is -2.07. The van der Waals surface area contributed by atoms with Crippen LogP contribution in [0.5, 0.6) is 5.75 Å². The number of anilines is 1. The monoisotopic (exact) mass is 431 g/mol. The Morgan fingerprint density at radius 1 is 1.06 bits per heavy atom. The zero-order valence-corrected chi connectivity index (χ0v) is 18.7. The van der Waals surface area contributed by atoms with Crippen LogP contribution in [0.3, 0.4) is 0 Å². The largest absolute Gasteiger partial charge is 0.489 e. The Hall–Kier alpha value is -3.38. The van der Waals surface area contributed by atoms with Crippen molar-refractivity contribution in [1.29, 1.82) is 0 Å². The van der Waals surface area contributed by atoms with Gasteiger partial charge in [0.1, 0.15) is 12.4 Å². The number of thiophene rings is 1. The number of aryl methyl sites for hydroxylation is 3. The summed E-state index contributed by atoms with van der Waals surface area (Å²) >= 11 is 1.41. The Kier molecular flexibility index (Phi) is 6.18. The number of benzene rings is 2. The first-order valence-corrected chi connectivity index (χ1v) is 11.0. The average Bonchev–Trinajstić information content (AvgIpc) is 3.40. The SMILES string of the molecule is Cc1ccc(OCc2csc(C(=O)Nc3cnn(Cc4ccccc4C)c3)c2)cc1C. The molecule has 0 saturated carbocycles. The van der Waals surface area contributed by atoms with E-state index in [2.05, 4.69) is 49.4 Å². The van der Waals surface area contributed by atoms with Crippen LogP contribution in [0.4, 0.5) is 5.69 Å². The molecule has 0 aliphatic rings. The molecule has 1 N–H and O–H groups in total. The minimum absolute atomic E-state index is 0.141. The van der Waals surface area contributed by atoms with Crippen molar-refractivity contribution in [3.63, 3.8) is 0 Å². The maximum atomic E-state index is 12.6. The van der Waals surface area contributed by atoms with E-state index in [-0.39, 0.29) is 5.91 Å². The Bertz CT molecular complexity index is 1210.